The lowest BCUT2D eigenvalue weighted by Crippen LogP contribution is -2.13. The van der Waals surface area contributed by atoms with E-state index in [0.717, 1.165) is 24.4 Å². The van der Waals surface area contributed by atoms with Gasteiger partial charge >= 0.3 is 0 Å². The molecule has 0 saturated heterocycles. The van der Waals surface area contributed by atoms with Gasteiger partial charge in [-0.1, -0.05) is 24.0 Å². The van der Waals surface area contributed by atoms with Crippen LogP contribution in [0, 0.1) is 17.3 Å². The van der Waals surface area contributed by atoms with E-state index in [1.165, 1.54) is 12.0 Å². The molecule has 0 atom stereocenters. The topological polar surface area (TPSA) is 21.3 Å². The van der Waals surface area contributed by atoms with E-state index in [-0.39, 0.29) is 5.41 Å². The Morgan fingerprint density at radius 2 is 2.17 bits per heavy atom. The van der Waals surface area contributed by atoms with Crippen LogP contribution >= 0.6 is 0 Å². The van der Waals surface area contributed by atoms with Crippen molar-refractivity contribution in [2.75, 3.05) is 18.5 Å². The monoisotopic (exact) mass is 243 g/mol. The van der Waals surface area contributed by atoms with Gasteiger partial charge in [0.2, 0.25) is 0 Å². The Bertz CT molecular complexity index is 474. The molecule has 1 aromatic rings. The minimum atomic E-state index is 0.0394. The van der Waals surface area contributed by atoms with Crippen molar-refractivity contribution in [2.24, 2.45) is 5.41 Å². The number of benzene rings is 1. The van der Waals surface area contributed by atoms with Gasteiger partial charge < -0.3 is 10.1 Å². The molecule has 0 aliphatic carbocycles. The quantitative estimate of drug-likeness (QED) is 0.803. The zero-order chi connectivity index (χ0) is 13.0. The van der Waals surface area contributed by atoms with Gasteiger partial charge in [-0.2, -0.15) is 0 Å². The Hall–Kier alpha value is -1.62. The Labute approximate surface area is 110 Å². The molecule has 0 amide bonds. The van der Waals surface area contributed by atoms with Crippen molar-refractivity contribution in [2.45, 2.75) is 33.6 Å². The van der Waals surface area contributed by atoms with Gasteiger partial charge in [0.05, 0.1) is 5.69 Å². The largest absolute Gasteiger partial charge is 0.479 e. The minimum absolute atomic E-state index is 0.0394. The van der Waals surface area contributed by atoms with Crippen LogP contribution in [0.25, 0.3) is 0 Å². The fraction of sp³-hybridized carbons (Fsp3) is 0.500. The van der Waals surface area contributed by atoms with Crippen LogP contribution < -0.4 is 10.1 Å². The molecule has 96 valence electrons. The first-order valence-corrected chi connectivity index (χ1v) is 6.55. The van der Waals surface area contributed by atoms with Gasteiger partial charge in [0.1, 0.15) is 12.4 Å². The summed E-state index contributed by atoms with van der Waals surface area (Å²) in [5.74, 6) is 7.18. The number of aryl methyl sites for hydroxylation is 1. The lowest BCUT2D eigenvalue weighted by atomic mass is 9.98. The predicted molar refractivity (Wildman–Crippen MR) is 76.0 cm³/mol. The molecule has 0 bridgehead atoms. The second-order valence-electron chi connectivity index (χ2n) is 5.66. The lowest BCUT2D eigenvalue weighted by molar-refractivity contribution is 0.370. The zero-order valence-electron chi connectivity index (χ0n) is 11.5. The Kier molecular flexibility index (Phi) is 3.81. The normalized spacial score (nSPS) is 13.9. The second kappa shape index (κ2) is 5.35. The number of ether oxygens (including phenoxy) is 1. The summed E-state index contributed by atoms with van der Waals surface area (Å²) >= 11 is 0. The molecule has 0 unspecified atom stereocenters. The van der Waals surface area contributed by atoms with E-state index in [4.69, 9.17) is 4.74 Å². The molecule has 0 spiro atoms. The summed E-state index contributed by atoms with van der Waals surface area (Å²) in [6.45, 7) is 7.79. The molecule has 1 aliphatic heterocycles. The van der Waals surface area contributed by atoms with E-state index in [1.54, 1.807) is 0 Å². The summed E-state index contributed by atoms with van der Waals surface area (Å²) in [6, 6.07) is 6.23. The molecule has 1 aromatic carbocycles. The number of fused-ring (bicyclic) bond motifs is 1. The summed E-state index contributed by atoms with van der Waals surface area (Å²) in [7, 11) is 0. The van der Waals surface area contributed by atoms with Crippen LogP contribution in [-0.4, -0.2) is 13.2 Å². The molecular formula is C16H21NO. The maximum Gasteiger partial charge on any atom is 0.149 e. The van der Waals surface area contributed by atoms with Crippen molar-refractivity contribution in [3.8, 4) is 17.6 Å². The van der Waals surface area contributed by atoms with E-state index in [1.807, 2.05) is 6.07 Å². The number of rotatable bonds is 2. The molecule has 1 heterocycles. The van der Waals surface area contributed by atoms with E-state index in [0.29, 0.717) is 6.61 Å². The first-order valence-electron chi connectivity index (χ1n) is 6.55. The average Bonchev–Trinajstić information content (AvgIpc) is 2.33. The lowest BCUT2D eigenvalue weighted by Gasteiger charge is -2.20. The molecule has 2 nitrogen and oxygen atoms in total. The Morgan fingerprint density at radius 1 is 1.33 bits per heavy atom. The highest BCUT2D eigenvalue weighted by atomic mass is 16.5. The van der Waals surface area contributed by atoms with Crippen molar-refractivity contribution in [1.82, 2.24) is 0 Å². The highest BCUT2D eigenvalue weighted by Crippen LogP contribution is 2.31. The van der Waals surface area contributed by atoms with Crippen molar-refractivity contribution < 1.29 is 4.74 Å². The average molecular weight is 243 g/mol. The number of para-hydroxylation sites is 1. The minimum Gasteiger partial charge on any atom is -0.479 e. The van der Waals surface area contributed by atoms with Crippen LogP contribution in [0.3, 0.4) is 0 Å². The molecule has 1 aliphatic rings. The highest BCUT2D eigenvalue weighted by Gasteiger charge is 2.12. The molecular weight excluding hydrogens is 222 g/mol. The smallest absolute Gasteiger partial charge is 0.149 e. The van der Waals surface area contributed by atoms with E-state index >= 15 is 0 Å². The summed E-state index contributed by atoms with van der Waals surface area (Å²) in [4.78, 5) is 0. The van der Waals surface area contributed by atoms with Crippen LogP contribution in [0.15, 0.2) is 18.2 Å². The molecule has 0 fully saturated rings. The molecule has 2 heteroatoms. The zero-order valence-corrected chi connectivity index (χ0v) is 11.5. The summed E-state index contributed by atoms with van der Waals surface area (Å²) < 4.78 is 5.76. The molecule has 0 aromatic heterocycles. The fourth-order valence-electron chi connectivity index (χ4n) is 2.01. The molecule has 1 N–H and O–H groups in total. The maximum absolute atomic E-state index is 5.76. The Morgan fingerprint density at radius 3 is 2.94 bits per heavy atom. The van der Waals surface area contributed by atoms with Crippen LogP contribution in [0.2, 0.25) is 0 Å². The van der Waals surface area contributed by atoms with Crippen LogP contribution in [0.4, 0.5) is 5.69 Å². The molecule has 0 saturated carbocycles. The first-order chi connectivity index (χ1) is 8.56. The summed E-state index contributed by atoms with van der Waals surface area (Å²) in [6.07, 6.45) is 2.33. The van der Waals surface area contributed by atoms with Gasteiger partial charge in [-0.3, -0.25) is 0 Å². The van der Waals surface area contributed by atoms with Gasteiger partial charge in [-0.25, -0.2) is 0 Å². The van der Waals surface area contributed by atoms with Crippen LogP contribution in [0.5, 0.6) is 5.75 Å². The SMILES string of the molecule is CC(C)(C)C#CCOc1cccc2c1NCCC2. The molecule has 2 rings (SSSR count). The maximum atomic E-state index is 5.76. The van der Waals surface area contributed by atoms with Crippen molar-refractivity contribution >= 4 is 5.69 Å². The van der Waals surface area contributed by atoms with Crippen molar-refractivity contribution in [3.05, 3.63) is 23.8 Å². The number of hydrogen-bond donors (Lipinski definition) is 1. The third-order valence-corrected chi connectivity index (χ3v) is 2.80. The predicted octanol–water partition coefficient (Wildman–Crippen LogP) is 3.47. The van der Waals surface area contributed by atoms with Crippen LogP contribution in [-0.2, 0) is 6.42 Å². The fourth-order valence-corrected chi connectivity index (χ4v) is 2.01. The van der Waals surface area contributed by atoms with Gasteiger partial charge in [0, 0.05) is 12.0 Å². The standard InChI is InChI=1S/C16H21NO/c1-16(2,3)10-6-12-18-14-9-4-7-13-8-5-11-17-15(13)14/h4,7,9,17H,5,8,11-12H2,1-3H3. The van der Waals surface area contributed by atoms with Crippen molar-refractivity contribution in [3.63, 3.8) is 0 Å². The van der Waals surface area contributed by atoms with Gasteiger partial charge in [0.25, 0.3) is 0 Å². The van der Waals surface area contributed by atoms with Gasteiger partial charge in [-0.15, -0.1) is 0 Å². The number of hydrogen-bond acceptors (Lipinski definition) is 2. The Balaban J connectivity index is 2.03. The van der Waals surface area contributed by atoms with E-state index in [2.05, 4.69) is 50.1 Å². The molecule has 18 heavy (non-hydrogen) atoms. The third kappa shape index (κ3) is 3.43. The number of anilines is 1. The van der Waals surface area contributed by atoms with Crippen LogP contribution in [0.1, 0.15) is 32.8 Å². The second-order valence-corrected chi connectivity index (χ2v) is 5.66. The van der Waals surface area contributed by atoms with Crippen molar-refractivity contribution in [1.29, 1.82) is 0 Å². The van der Waals surface area contributed by atoms with Gasteiger partial charge in [0.15, 0.2) is 0 Å². The van der Waals surface area contributed by atoms with Gasteiger partial charge in [-0.05, 0) is 45.2 Å². The summed E-state index contributed by atoms with van der Waals surface area (Å²) in [5, 5.41) is 3.42. The molecule has 0 radical (unpaired) electrons. The third-order valence-electron chi connectivity index (χ3n) is 2.80. The highest BCUT2D eigenvalue weighted by molar-refractivity contribution is 5.63. The summed E-state index contributed by atoms with van der Waals surface area (Å²) in [5.41, 5.74) is 2.54. The van der Waals surface area contributed by atoms with E-state index < -0.39 is 0 Å². The number of nitrogens with one attached hydrogen (secondary N) is 1. The van der Waals surface area contributed by atoms with E-state index in [9.17, 15) is 0 Å². The first kappa shape index (κ1) is 12.8.